The first-order valence-corrected chi connectivity index (χ1v) is 5.15. The van der Waals surface area contributed by atoms with Gasteiger partial charge in [0.25, 0.3) is 0 Å². The molecule has 0 aliphatic carbocycles. The highest BCUT2D eigenvalue weighted by molar-refractivity contribution is 8.22. The monoisotopic (exact) mass is 202 g/mol. The molecule has 0 saturated heterocycles. The molecule has 68 valence electrons. The van der Waals surface area contributed by atoms with Gasteiger partial charge < -0.3 is 11.1 Å². The second-order valence-electron chi connectivity index (χ2n) is 2.38. The third kappa shape index (κ3) is 6.24. The Labute approximate surface area is 83.3 Å². The molecule has 0 atom stereocenters. The van der Waals surface area contributed by atoms with Crippen LogP contribution in [0.1, 0.15) is 13.8 Å². The zero-order chi connectivity index (χ0) is 9.56. The molecular weight excluding hydrogens is 188 g/mol. The fourth-order valence-corrected chi connectivity index (χ4v) is 0.934. The van der Waals surface area contributed by atoms with Gasteiger partial charge in [-0.1, -0.05) is 12.2 Å². The van der Waals surface area contributed by atoms with Gasteiger partial charge in [-0.3, -0.25) is 0 Å². The molecule has 12 heavy (non-hydrogen) atoms. The van der Waals surface area contributed by atoms with Crippen LogP contribution in [0, 0.1) is 0 Å². The lowest BCUT2D eigenvalue weighted by molar-refractivity contribution is 1.15. The molecule has 0 rings (SSSR count). The van der Waals surface area contributed by atoms with Gasteiger partial charge in [0.15, 0.2) is 0 Å². The van der Waals surface area contributed by atoms with Gasteiger partial charge in [0.1, 0.15) is 4.32 Å². The zero-order valence-corrected chi connectivity index (χ0v) is 9.18. The number of hydrogen-bond donors (Lipinski definition) is 2. The van der Waals surface area contributed by atoms with Crippen LogP contribution in [-0.2, 0) is 0 Å². The molecule has 0 heterocycles. The van der Waals surface area contributed by atoms with E-state index in [4.69, 9.17) is 18.0 Å². The standard InChI is InChI=1S/C8H14N2S2/c1-6(9)4-5-7(2)10-8(11)12-3/h4-5H,9H2,1-3H3,(H,10,11)/b6-4+,7-5+. The SMILES string of the molecule is CSC(=S)N/C(C)=C/C=C(\C)N. The summed E-state index contributed by atoms with van der Waals surface area (Å²) in [6.07, 6.45) is 5.68. The summed E-state index contributed by atoms with van der Waals surface area (Å²) in [5.41, 5.74) is 7.24. The highest BCUT2D eigenvalue weighted by atomic mass is 32.2. The van der Waals surface area contributed by atoms with Crippen LogP contribution < -0.4 is 11.1 Å². The Hall–Kier alpha value is -0.480. The third-order valence-electron chi connectivity index (χ3n) is 1.08. The van der Waals surface area contributed by atoms with Gasteiger partial charge in [0.05, 0.1) is 0 Å². The maximum atomic E-state index is 5.45. The van der Waals surface area contributed by atoms with E-state index in [0.29, 0.717) is 0 Å². The molecule has 0 unspecified atom stereocenters. The summed E-state index contributed by atoms with van der Waals surface area (Å²) < 4.78 is 0.770. The van der Waals surface area contributed by atoms with E-state index in [1.807, 2.05) is 32.3 Å². The lowest BCUT2D eigenvalue weighted by Crippen LogP contribution is -2.14. The molecule has 0 aromatic carbocycles. The van der Waals surface area contributed by atoms with Gasteiger partial charge >= 0.3 is 0 Å². The van der Waals surface area contributed by atoms with Crippen LogP contribution in [0.25, 0.3) is 0 Å². The molecule has 0 aromatic rings. The van der Waals surface area contributed by atoms with Gasteiger partial charge in [0.2, 0.25) is 0 Å². The molecule has 0 saturated carbocycles. The van der Waals surface area contributed by atoms with Crippen molar-refractivity contribution in [2.45, 2.75) is 13.8 Å². The largest absolute Gasteiger partial charge is 0.402 e. The Bertz CT molecular complexity index is 215. The minimum atomic E-state index is 0.770. The minimum Gasteiger partial charge on any atom is -0.402 e. The molecule has 0 aliphatic heterocycles. The molecule has 3 N–H and O–H groups in total. The van der Waals surface area contributed by atoms with Crippen molar-refractivity contribution < 1.29 is 0 Å². The second kappa shape index (κ2) is 6.08. The van der Waals surface area contributed by atoms with Crippen molar-refractivity contribution in [3.05, 3.63) is 23.5 Å². The highest BCUT2D eigenvalue weighted by Gasteiger charge is 1.91. The quantitative estimate of drug-likeness (QED) is 0.530. The Kier molecular flexibility index (Phi) is 5.84. The predicted molar refractivity (Wildman–Crippen MR) is 61.0 cm³/mol. The van der Waals surface area contributed by atoms with Gasteiger partial charge in [-0.15, -0.1) is 11.8 Å². The molecular formula is C8H14N2S2. The van der Waals surface area contributed by atoms with Crippen molar-refractivity contribution in [2.75, 3.05) is 6.26 Å². The van der Waals surface area contributed by atoms with Crippen molar-refractivity contribution in [2.24, 2.45) is 5.73 Å². The van der Waals surface area contributed by atoms with Crippen molar-refractivity contribution >= 4 is 28.3 Å². The Morgan fingerprint density at radius 2 is 2.00 bits per heavy atom. The Morgan fingerprint density at radius 3 is 2.42 bits per heavy atom. The number of rotatable bonds is 2. The van der Waals surface area contributed by atoms with Crippen molar-refractivity contribution in [3.63, 3.8) is 0 Å². The molecule has 0 aliphatic rings. The normalized spacial score (nSPS) is 12.9. The Morgan fingerprint density at radius 1 is 1.42 bits per heavy atom. The number of nitrogens with two attached hydrogens (primary N) is 1. The number of nitrogens with one attached hydrogen (secondary N) is 1. The molecule has 0 aromatic heterocycles. The molecule has 4 heteroatoms. The summed E-state index contributed by atoms with van der Waals surface area (Å²) in [4.78, 5) is 0. The van der Waals surface area contributed by atoms with E-state index < -0.39 is 0 Å². The van der Waals surface area contributed by atoms with E-state index in [-0.39, 0.29) is 0 Å². The van der Waals surface area contributed by atoms with Crippen molar-refractivity contribution in [1.82, 2.24) is 5.32 Å². The lowest BCUT2D eigenvalue weighted by atomic mass is 10.4. The number of hydrogen-bond acceptors (Lipinski definition) is 3. The van der Waals surface area contributed by atoms with Crippen LogP contribution in [0.15, 0.2) is 23.5 Å². The maximum absolute atomic E-state index is 5.45. The second-order valence-corrected chi connectivity index (χ2v) is 3.86. The van der Waals surface area contributed by atoms with E-state index in [1.165, 1.54) is 11.8 Å². The van der Waals surface area contributed by atoms with Crippen LogP contribution in [0.4, 0.5) is 0 Å². The van der Waals surface area contributed by atoms with Crippen LogP contribution in [0.5, 0.6) is 0 Å². The number of thioether (sulfide) groups is 1. The van der Waals surface area contributed by atoms with E-state index in [1.54, 1.807) is 0 Å². The molecule has 0 fully saturated rings. The van der Waals surface area contributed by atoms with Crippen molar-refractivity contribution in [3.8, 4) is 0 Å². The maximum Gasteiger partial charge on any atom is 0.137 e. The predicted octanol–water partition coefficient (Wildman–Crippen LogP) is 1.99. The molecule has 0 amide bonds. The fraction of sp³-hybridized carbons (Fsp3) is 0.375. The van der Waals surface area contributed by atoms with E-state index in [2.05, 4.69) is 5.32 Å². The van der Waals surface area contributed by atoms with Crippen molar-refractivity contribution in [1.29, 1.82) is 0 Å². The summed E-state index contributed by atoms with van der Waals surface area (Å²) in [5, 5.41) is 3.04. The average Bonchev–Trinajstić information content (AvgIpc) is 2.00. The molecule has 2 nitrogen and oxygen atoms in total. The number of allylic oxidation sites excluding steroid dienone is 4. The summed E-state index contributed by atoms with van der Waals surface area (Å²) >= 11 is 6.49. The summed E-state index contributed by atoms with van der Waals surface area (Å²) in [6, 6.07) is 0. The van der Waals surface area contributed by atoms with Crippen LogP contribution in [0.2, 0.25) is 0 Å². The molecule has 0 spiro atoms. The average molecular weight is 202 g/mol. The summed E-state index contributed by atoms with van der Waals surface area (Å²) in [7, 11) is 0. The van der Waals surface area contributed by atoms with E-state index >= 15 is 0 Å². The molecule has 0 radical (unpaired) electrons. The molecule has 0 bridgehead atoms. The first-order chi connectivity index (χ1) is 5.56. The van der Waals surface area contributed by atoms with Crippen LogP contribution in [-0.4, -0.2) is 10.6 Å². The van der Waals surface area contributed by atoms with E-state index in [0.717, 1.165) is 15.7 Å². The van der Waals surface area contributed by atoms with Crippen LogP contribution >= 0.6 is 24.0 Å². The first-order valence-electron chi connectivity index (χ1n) is 3.52. The van der Waals surface area contributed by atoms with Gasteiger partial charge in [0, 0.05) is 11.4 Å². The Balaban J connectivity index is 4.03. The minimum absolute atomic E-state index is 0.770. The van der Waals surface area contributed by atoms with Gasteiger partial charge in [-0.2, -0.15) is 0 Å². The number of thiocarbonyl (C=S) groups is 1. The fourth-order valence-electron chi connectivity index (χ4n) is 0.510. The topological polar surface area (TPSA) is 38.0 Å². The lowest BCUT2D eigenvalue weighted by Gasteiger charge is -2.03. The zero-order valence-electron chi connectivity index (χ0n) is 7.55. The highest BCUT2D eigenvalue weighted by Crippen LogP contribution is 1.98. The van der Waals surface area contributed by atoms with Crippen LogP contribution in [0.3, 0.4) is 0 Å². The van der Waals surface area contributed by atoms with Gasteiger partial charge in [-0.05, 0) is 32.3 Å². The van der Waals surface area contributed by atoms with Gasteiger partial charge in [-0.25, -0.2) is 0 Å². The first kappa shape index (κ1) is 11.5. The smallest absolute Gasteiger partial charge is 0.137 e. The van der Waals surface area contributed by atoms with E-state index in [9.17, 15) is 0 Å². The summed E-state index contributed by atoms with van der Waals surface area (Å²) in [5.74, 6) is 0. The third-order valence-corrected chi connectivity index (χ3v) is 2.16. The summed E-state index contributed by atoms with van der Waals surface area (Å²) in [6.45, 7) is 3.79.